The van der Waals surface area contributed by atoms with E-state index in [0.29, 0.717) is 44.1 Å². The third-order valence-corrected chi connectivity index (χ3v) is 5.41. The summed E-state index contributed by atoms with van der Waals surface area (Å²) in [7, 11) is -3.35. The number of para-hydroxylation sites is 2. The van der Waals surface area contributed by atoms with Crippen molar-refractivity contribution >= 4 is 21.7 Å². The molecule has 0 unspecified atom stereocenters. The molecule has 2 amide bonds. The predicted octanol–water partition coefficient (Wildman–Crippen LogP) is 1.65. The van der Waals surface area contributed by atoms with Crippen molar-refractivity contribution in [2.45, 2.75) is 25.8 Å². The summed E-state index contributed by atoms with van der Waals surface area (Å²) in [4.78, 5) is 12.1. The Hall–Kier alpha value is -1.84. The SMILES string of the molecule is CCOc1ccccc1NC(=O)NCCN(C1CCOCC1)S(C)(=O)=O. The van der Waals surface area contributed by atoms with Crippen LogP contribution >= 0.6 is 0 Å². The van der Waals surface area contributed by atoms with Gasteiger partial charge in [-0.25, -0.2) is 13.2 Å². The van der Waals surface area contributed by atoms with Crippen LogP contribution in [0.25, 0.3) is 0 Å². The number of ether oxygens (including phenoxy) is 2. The highest BCUT2D eigenvalue weighted by Gasteiger charge is 2.28. The summed E-state index contributed by atoms with van der Waals surface area (Å²) in [6.45, 7) is 3.91. The monoisotopic (exact) mass is 385 g/mol. The summed E-state index contributed by atoms with van der Waals surface area (Å²) in [5.74, 6) is 0.588. The van der Waals surface area contributed by atoms with Crippen LogP contribution in [0.3, 0.4) is 0 Å². The smallest absolute Gasteiger partial charge is 0.319 e. The van der Waals surface area contributed by atoms with E-state index in [2.05, 4.69) is 10.6 Å². The predicted molar refractivity (Wildman–Crippen MR) is 100 cm³/mol. The van der Waals surface area contributed by atoms with Gasteiger partial charge in [-0.1, -0.05) is 12.1 Å². The summed E-state index contributed by atoms with van der Waals surface area (Å²) in [5, 5.41) is 5.42. The molecule has 1 aromatic rings. The molecule has 1 fully saturated rings. The maximum atomic E-state index is 12.1. The normalized spacial score (nSPS) is 15.7. The molecule has 0 aliphatic carbocycles. The number of hydrogen-bond donors (Lipinski definition) is 2. The van der Waals surface area contributed by atoms with Crippen molar-refractivity contribution in [3.05, 3.63) is 24.3 Å². The summed E-state index contributed by atoms with van der Waals surface area (Å²) < 4.78 is 36.3. The summed E-state index contributed by atoms with van der Waals surface area (Å²) in [6, 6.07) is 6.66. The Labute approximate surface area is 154 Å². The van der Waals surface area contributed by atoms with Gasteiger partial charge < -0.3 is 20.1 Å². The number of benzene rings is 1. The molecule has 0 atom stereocenters. The van der Waals surface area contributed by atoms with E-state index in [1.54, 1.807) is 18.2 Å². The standard InChI is InChI=1S/C17H27N3O5S/c1-3-25-16-7-5-4-6-15(16)19-17(21)18-10-11-20(26(2,22)23)14-8-12-24-13-9-14/h4-7,14H,3,8-13H2,1-2H3,(H2,18,19,21). The van der Waals surface area contributed by atoms with Crippen LogP contribution in [0, 0.1) is 0 Å². The van der Waals surface area contributed by atoms with Gasteiger partial charge in [0.15, 0.2) is 0 Å². The fourth-order valence-corrected chi connectivity index (χ4v) is 4.07. The fraction of sp³-hybridized carbons (Fsp3) is 0.588. The first-order valence-electron chi connectivity index (χ1n) is 8.73. The maximum Gasteiger partial charge on any atom is 0.319 e. The number of amides is 2. The van der Waals surface area contributed by atoms with Crippen molar-refractivity contribution in [2.24, 2.45) is 0 Å². The zero-order chi connectivity index (χ0) is 19.0. The highest BCUT2D eigenvalue weighted by Crippen LogP contribution is 2.23. The quantitative estimate of drug-likeness (QED) is 0.709. The van der Waals surface area contributed by atoms with Crippen molar-refractivity contribution in [1.82, 2.24) is 9.62 Å². The molecule has 8 nitrogen and oxygen atoms in total. The number of anilines is 1. The van der Waals surface area contributed by atoms with E-state index >= 15 is 0 Å². The van der Waals surface area contributed by atoms with Crippen molar-refractivity contribution < 1.29 is 22.7 Å². The van der Waals surface area contributed by atoms with Gasteiger partial charge in [-0.3, -0.25) is 0 Å². The second-order valence-corrected chi connectivity index (χ2v) is 7.96. The van der Waals surface area contributed by atoms with E-state index in [-0.39, 0.29) is 19.1 Å². The van der Waals surface area contributed by atoms with E-state index in [9.17, 15) is 13.2 Å². The minimum absolute atomic E-state index is 0.0812. The number of nitrogens with one attached hydrogen (secondary N) is 2. The van der Waals surface area contributed by atoms with Crippen molar-refractivity contribution in [1.29, 1.82) is 0 Å². The minimum atomic E-state index is -3.35. The lowest BCUT2D eigenvalue weighted by molar-refractivity contribution is 0.0589. The van der Waals surface area contributed by atoms with E-state index in [4.69, 9.17) is 9.47 Å². The highest BCUT2D eigenvalue weighted by molar-refractivity contribution is 7.88. The Kier molecular flexibility index (Phi) is 7.67. The topological polar surface area (TPSA) is 97.0 Å². The van der Waals surface area contributed by atoms with Gasteiger partial charge in [0.05, 0.1) is 18.6 Å². The van der Waals surface area contributed by atoms with Crippen LogP contribution in [-0.4, -0.2) is 64.0 Å². The summed E-state index contributed by atoms with van der Waals surface area (Å²) >= 11 is 0. The molecule has 146 valence electrons. The van der Waals surface area contributed by atoms with Crippen LogP contribution in [0.2, 0.25) is 0 Å². The third-order valence-electron chi connectivity index (χ3n) is 4.08. The zero-order valence-corrected chi connectivity index (χ0v) is 16.0. The van der Waals surface area contributed by atoms with Crippen LogP contribution in [-0.2, 0) is 14.8 Å². The number of urea groups is 1. The Balaban J connectivity index is 1.88. The first kappa shape index (κ1) is 20.5. The van der Waals surface area contributed by atoms with Crippen molar-refractivity contribution in [3.8, 4) is 5.75 Å². The van der Waals surface area contributed by atoms with Gasteiger partial charge in [-0.05, 0) is 31.9 Å². The van der Waals surface area contributed by atoms with Gasteiger partial charge >= 0.3 is 6.03 Å². The molecule has 0 spiro atoms. The fourth-order valence-electron chi connectivity index (χ4n) is 2.89. The van der Waals surface area contributed by atoms with Gasteiger partial charge in [0, 0.05) is 32.3 Å². The van der Waals surface area contributed by atoms with E-state index in [0.717, 1.165) is 0 Å². The molecular formula is C17H27N3O5S. The average molecular weight is 385 g/mol. The van der Waals surface area contributed by atoms with Gasteiger partial charge in [0.2, 0.25) is 10.0 Å². The number of sulfonamides is 1. The van der Waals surface area contributed by atoms with Crippen LogP contribution in [0.15, 0.2) is 24.3 Å². The zero-order valence-electron chi connectivity index (χ0n) is 15.2. The Bertz CT molecular complexity index is 689. The average Bonchev–Trinajstić information content (AvgIpc) is 2.60. The number of hydrogen-bond acceptors (Lipinski definition) is 5. The lowest BCUT2D eigenvalue weighted by Gasteiger charge is -2.32. The summed E-state index contributed by atoms with van der Waals surface area (Å²) in [6.07, 6.45) is 2.53. The molecule has 1 aromatic carbocycles. The summed E-state index contributed by atoms with van der Waals surface area (Å²) in [5.41, 5.74) is 0.566. The molecule has 0 radical (unpaired) electrons. The van der Waals surface area contributed by atoms with Crippen LogP contribution < -0.4 is 15.4 Å². The number of carbonyl (C=O) groups is 1. The molecule has 0 bridgehead atoms. The Morgan fingerprint density at radius 1 is 1.31 bits per heavy atom. The molecule has 1 saturated heterocycles. The first-order valence-corrected chi connectivity index (χ1v) is 10.6. The molecule has 2 rings (SSSR count). The van der Waals surface area contributed by atoms with Crippen molar-refractivity contribution in [3.63, 3.8) is 0 Å². The first-order chi connectivity index (χ1) is 12.4. The molecule has 0 saturated carbocycles. The second kappa shape index (κ2) is 9.75. The molecule has 1 aliphatic heterocycles. The Morgan fingerprint density at radius 3 is 2.65 bits per heavy atom. The number of rotatable bonds is 8. The van der Waals surface area contributed by atoms with E-state index in [1.807, 2.05) is 13.0 Å². The molecule has 0 aromatic heterocycles. The minimum Gasteiger partial charge on any atom is -0.492 e. The largest absolute Gasteiger partial charge is 0.492 e. The molecule has 26 heavy (non-hydrogen) atoms. The Morgan fingerprint density at radius 2 is 2.00 bits per heavy atom. The molecule has 9 heteroatoms. The maximum absolute atomic E-state index is 12.1. The van der Waals surface area contributed by atoms with E-state index in [1.165, 1.54) is 10.6 Å². The van der Waals surface area contributed by atoms with Crippen molar-refractivity contribution in [2.75, 3.05) is 44.5 Å². The second-order valence-electron chi connectivity index (χ2n) is 6.03. The highest BCUT2D eigenvalue weighted by atomic mass is 32.2. The third kappa shape index (κ3) is 6.15. The lowest BCUT2D eigenvalue weighted by atomic mass is 10.1. The van der Waals surface area contributed by atoms with Crippen LogP contribution in [0.5, 0.6) is 5.75 Å². The van der Waals surface area contributed by atoms with Gasteiger partial charge in [0.25, 0.3) is 0 Å². The molecular weight excluding hydrogens is 358 g/mol. The number of nitrogens with zero attached hydrogens (tertiary/aromatic N) is 1. The lowest BCUT2D eigenvalue weighted by Crippen LogP contribution is -2.46. The van der Waals surface area contributed by atoms with Gasteiger partial charge in [-0.15, -0.1) is 0 Å². The molecule has 1 aliphatic rings. The number of carbonyl (C=O) groups excluding carboxylic acids is 1. The van der Waals surface area contributed by atoms with Gasteiger partial charge in [-0.2, -0.15) is 4.31 Å². The molecule has 2 N–H and O–H groups in total. The van der Waals surface area contributed by atoms with Gasteiger partial charge in [0.1, 0.15) is 5.75 Å². The van der Waals surface area contributed by atoms with E-state index < -0.39 is 16.1 Å². The van der Waals surface area contributed by atoms with Crippen LogP contribution in [0.1, 0.15) is 19.8 Å². The van der Waals surface area contributed by atoms with Crippen LogP contribution in [0.4, 0.5) is 10.5 Å². The molecule has 1 heterocycles.